The summed E-state index contributed by atoms with van der Waals surface area (Å²) in [5.74, 6) is 2.63. The van der Waals surface area contributed by atoms with Crippen LogP contribution in [0, 0.1) is 5.92 Å². The zero-order chi connectivity index (χ0) is 18.7. The van der Waals surface area contributed by atoms with Crippen LogP contribution in [0.15, 0.2) is 34.7 Å². The number of anilines is 2. The van der Waals surface area contributed by atoms with E-state index in [2.05, 4.69) is 27.0 Å². The van der Waals surface area contributed by atoms with Gasteiger partial charge in [-0.3, -0.25) is 0 Å². The van der Waals surface area contributed by atoms with E-state index in [4.69, 9.17) is 19.9 Å². The monoisotopic (exact) mass is 375 g/mol. The summed E-state index contributed by atoms with van der Waals surface area (Å²) >= 11 is 0. The molecule has 6 rings (SSSR count). The molecule has 0 radical (unpaired) electrons. The number of nitrogen functional groups attached to an aromatic ring is 1. The molecule has 3 heterocycles. The number of ether oxygens (including phenoxy) is 1. The van der Waals surface area contributed by atoms with Gasteiger partial charge in [0.2, 0.25) is 0 Å². The maximum Gasteiger partial charge on any atom is 0.292 e. The van der Waals surface area contributed by atoms with Crippen LogP contribution in [0.5, 0.6) is 5.75 Å². The van der Waals surface area contributed by atoms with Crippen LogP contribution in [0.1, 0.15) is 19.3 Å². The Morgan fingerprint density at radius 3 is 2.96 bits per heavy atom. The van der Waals surface area contributed by atoms with Crippen molar-refractivity contribution >= 4 is 33.8 Å². The normalized spacial score (nSPS) is 16.3. The van der Waals surface area contributed by atoms with Crippen molar-refractivity contribution in [1.82, 2.24) is 14.5 Å². The van der Waals surface area contributed by atoms with Crippen LogP contribution < -0.4 is 15.8 Å². The van der Waals surface area contributed by atoms with Gasteiger partial charge in [-0.15, -0.1) is 0 Å². The van der Waals surface area contributed by atoms with E-state index < -0.39 is 0 Å². The highest BCUT2D eigenvalue weighted by molar-refractivity contribution is 5.90. The minimum Gasteiger partial charge on any atom is -0.491 e. The van der Waals surface area contributed by atoms with Gasteiger partial charge < -0.3 is 24.8 Å². The number of benzene rings is 2. The van der Waals surface area contributed by atoms with E-state index >= 15 is 0 Å². The van der Waals surface area contributed by atoms with Crippen molar-refractivity contribution < 1.29 is 9.15 Å². The van der Waals surface area contributed by atoms with E-state index in [1.54, 1.807) is 0 Å². The number of rotatable bonds is 4. The van der Waals surface area contributed by atoms with Crippen molar-refractivity contribution in [3.63, 3.8) is 0 Å². The first-order valence-electron chi connectivity index (χ1n) is 9.82. The highest BCUT2D eigenvalue weighted by Gasteiger charge is 2.23. The molecule has 0 spiro atoms. The third kappa shape index (κ3) is 2.58. The minimum absolute atomic E-state index is 0.181. The SMILES string of the molecule is Nc1nc2cc(-c3nc4cc(NCC5CC5)cc5c4n3CCCO5)ccc2o1. The Bertz CT molecular complexity index is 1200. The molecule has 2 aromatic carbocycles. The number of oxazole rings is 1. The number of hydrogen-bond acceptors (Lipinski definition) is 6. The Kier molecular flexibility index (Phi) is 3.32. The van der Waals surface area contributed by atoms with Gasteiger partial charge in [0.15, 0.2) is 5.58 Å². The molecule has 7 heteroatoms. The van der Waals surface area contributed by atoms with E-state index in [1.165, 1.54) is 12.8 Å². The molecule has 7 nitrogen and oxygen atoms in total. The summed E-state index contributed by atoms with van der Waals surface area (Å²) in [6.07, 6.45) is 3.59. The van der Waals surface area contributed by atoms with Crippen LogP contribution in [-0.4, -0.2) is 27.7 Å². The molecule has 2 aliphatic rings. The smallest absolute Gasteiger partial charge is 0.292 e. The van der Waals surface area contributed by atoms with E-state index in [0.717, 1.165) is 64.8 Å². The molecule has 0 bridgehead atoms. The lowest BCUT2D eigenvalue weighted by Gasteiger charge is -2.10. The number of aromatic nitrogens is 3. The van der Waals surface area contributed by atoms with E-state index in [9.17, 15) is 0 Å². The molecule has 1 saturated carbocycles. The lowest BCUT2D eigenvalue weighted by molar-refractivity contribution is 0.316. The fourth-order valence-electron chi connectivity index (χ4n) is 3.95. The van der Waals surface area contributed by atoms with Gasteiger partial charge in [-0.25, -0.2) is 4.98 Å². The molecule has 28 heavy (non-hydrogen) atoms. The lowest BCUT2D eigenvalue weighted by atomic mass is 10.2. The zero-order valence-electron chi connectivity index (χ0n) is 15.4. The molecular formula is C21H21N5O2. The number of nitrogens with one attached hydrogen (secondary N) is 1. The number of aryl methyl sites for hydroxylation is 1. The topological polar surface area (TPSA) is 91.1 Å². The molecule has 0 atom stereocenters. The number of nitrogens with two attached hydrogens (primary N) is 1. The Balaban J connectivity index is 1.50. The highest BCUT2D eigenvalue weighted by Crippen LogP contribution is 2.37. The maximum atomic E-state index is 6.06. The van der Waals surface area contributed by atoms with Crippen molar-refractivity contribution in [2.75, 3.05) is 24.2 Å². The van der Waals surface area contributed by atoms with Gasteiger partial charge in [0.05, 0.1) is 12.1 Å². The molecule has 1 aliphatic carbocycles. The van der Waals surface area contributed by atoms with E-state index in [1.807, 2.05) is 18.2 Å². The van der Waals surface area contributed by atoms with Gasteiger partial charge in [-0.05, 0) is 49.4 Å². The summed E-state index contributed by atoms with van der Waals surface area (Å²) in [5, 5.41) is 3.55. The molecular weight excluding hydrogens is 354 g/mol. The number of fused-ring (bicyclic) bond motifs is 1. The molecule has 0 amide bonds. The van der Waals surface area contributed by atoms with Gasteiger partial charge >= 0.3 is 0 Å². The lowest BCUT2D eigenvalue weighted by Crippen LogP contribution is -2.03. The second kappa shape index (κ2) is 5.89. The standard InChI is InChI=1S/C21H21N5O2/c22-21-25-15-8-13(4-5-17(15)28-21)20-24-16-9-14(23-11-12-2-3-12)10-18-19(16)26(20)6-1-7-27-18/h4-5,8-10,12,23H,1-3,6-7,11H2,(H2,22,25). The van der Waals surface area contributed by atoms with E-state index in [-0.39, 0.29) is 6.01 Å². The predicted molar refractivity (Wildman–Crippen MR) is 108 cm³/mol. The molecule has 0 saturated heterocycles. The fourth-order valence-corrected chi connectivity index (χ4v) is 3.95. The van der Waals surface area contributed by atoms with Crippen LogP contribution in [0.4, 0.5) is 11.7 Å². The third-order valence-electron chi connectivity index (χ3n) is 5.54. The first kappa shape index (κ1) is 15.8. The van der Waals surface area contributed by atoms with Crippen LogP contribution in [0.25, 0.3) is 33.5 Å². The molecule has 1 aliphatic heterocycles. The zero-order valence-corrected chi connectivity index (χ0v) is 15.4. The second-order valence-electron chi connectivity index (χ2n) is 7.69. The number of nitrogens with zero attached hydrogens (tertiary/aromatic N) is 3. The van der Waals surface area contributed by atoms with E-state index in [0.29, 0.717) is 12.2 Å². The molecule has 0 unspecified atom stereocenters. The summed E-state index contributed by atoms with van der Waals surface area (Å²) < 4.78 is 13.7. The summed E-state index contributed by atoms with van der Waals surface area (Å²) in [5.41, 5.74) is 11.2. The van der Waals surface area contributed by atoms with Crippen molar-refractivity contribution in [3.05, 3.63) is 30.3 Å². The van der Waals surface area contributed by atoms with Gasteiger partial charge in [-0.1, -0.05) is 0 Å². The van der Waals surface area contributed by atoms with Crippen LogP contribution >= 0.6 is 0 Å². The number of imidazole rings is 1. The van der Waals surface area contributed by atoms with Crippen molar-refractivity contribution in [1.29, 1.82) is 0 Å². The maximum absolute atomic E-state index is 6.06. The molecule has 1 fully saturated rings. The Morgan fingerprint density at radius 1 is 1.14 bits per heavy atom. The highest BCUT2D eigenvalue weighted by atomic mass is 16.5. The molecule has 3 N–H and O–H groups in total. The Labute approximate surface area is 161 Å². The number of hydrogen-bond donors (Lipinski definition) is 2. The summed E-state index contributed by atoms with van der Waals surface area (Å²) in [6.45, 7) is 2.59. The molecule has 142 valence electrons. The molecule has 2 aromatic heterocycles. The average Bonchev–Trinajstić information content (AvgIpc) is 3.39. The van der Waals surface area contributed by atoms with Crippen LogP contribution in [0.2, 0.25) is 0 Å². The van der Waals surface area contributed by atoms with Gasteiger partial charge in [0.1, 0.15) is 22.6 Å². The van der Waals surface area contributed by atoms with Gasteiger partial charge in [0.25, 0.3) is 6.01 Å². The van der Waals surface area contributed by atoms with Gasteiger partial charge in [-0.2, -0.15) is 4.98 Å². The summed E-state index contributed by atoms with van der Waals surface area (Å²) in [7, 11) is 0. The quantitative estimate of drug-likeness (QED) is 0.560. The van der Waals surface area contributed by atoms with Crippen molar-refractivity contribution in [2.45, 2.75) is 25.8 Å². The van der Waals surface area contributed by atoms with Crippen molar-refractivity contribution in [2.24, 2.45) is 5.92 Å². The van der Waals surface area contributed by atoms with Gasteiger partial charge in [0, 0.05) is 30.4 Å². The summed E-state index contributed by atoms with van der Waals surface area (Å²) in [4.78, 5) is 9.23. The fraction of sp³-hybridized carbons (Fsp3) is 0.333. The largest absolute Gasteiger partial charge is 0.491 e. The third-order valence-corrected chi connectivity index (χ3v) is 5.54. The Morgan fingerprint density at radius 2 is 2.07 bits per heavy atom. The van der Waals surface area contributed by atoms with Crippen molar-refractivity contribution in [3.8, 4) is 17.1 Å². The first-order chi connectivity index (χ1) is 13.7. The predicted octanol–water partition coefficient (Wildman–Crippen LogP) is 4.03. The van der Waals surface area contributed by atoms with Crippen LogP contribution in [0.3, 0.4) is 0 Å². The average molecular weight is 375 g/mol. The summed E-state index contributed by atoms with van der Waals surface area (Å²) in [6, 6.07) is 10.3. The van der Waals surface area contributed by atoms with Crippen LogP contribution in [-0.2, 0) is 6.54 Å². The minimum atomic E-state index is 0.181. The Hall–Kier alpha value is -3.22. The first-order valence-corrected chi connectivity index (χ1v) is 9.82. The second-order valence-corrected chi connectivity index (χ2v) is 7.69. The molecule has 4 aromatic rings.